The highest BCUT2D eigenvalue weighted by molar-refractivity contribution is 5.94. The van der Waals surface area contributed by atoms with Gasteiger partial charge in [0.05, 0.1) is 11.8 Å². The van der Waals surface area contributed by atoms with E-state index in [2.05, 4.69) is 10.4 Å². The number of amides is 1. The maximum atomic E-state index is 14.4. The molecular weight excluding hydrogens is 340 g/mol. The van der Waals surface area contributed by atoms with E-state index in [0.717, 1.165) is 24.5 Å². The Bertz CT molecular complexity index is 886. The number of carbonyl (C=O) groups is 1. The van der Waals surface area contributed by atoms with Crippen LogP contribution in [0.2, 0.25) is 0 Å². The number of benzene rings is 1. The second-order valence-corrected chi connectivity index (χ2v) is 7.95. The Morgan fingerprint density at radius 1 is 1.31 bits per heavy atom. The first-order valence-corrected chi connectivity index (χ1v) is 8.78. The lowest BCUT2D eigenvalue weighted by molar-refractivity contribution is 0.0285. The maximum Gasteiger partial charge on any atom is 0.272 e. The molecule has 2 aliphatic rings. The number of hydrogen-bond donors (Lipinski definition) is 1. The summed E-state index contributed by atoms with van der Waals surface area (Å²) in [6.45, 7) is 5.67. The molecule has 7 heteroatoms. The van der Waals surface area contributed by atoms with E-state index in [1.54, 1.807) is 0 Å². The highest BCUT2D eigenvalue weighted by Crippen LogP contribution is 2.43. The summed E-state index contributed by atoms with van der Waals surface area (Å²) in [5, 5.41) is 7.33. The topological polar surface area (TPSA) is 56.2 Å². The Morgan fingerprint density at radius 3 is 2.77 bits per heavy atom. The van der Waals surface area contributed by atoms with E-state index < -0.39 is 17.2 Å². The van der Waals surface area contributed by atoms with Gasteiger partial charge in [-0.3, -0.25) is 4.79 Å². The molecule has 1 N–H and O–H groups in total. The van der Waals surface area contributed by atoms with Gasteiger partial charge in [0, 0.05) is 23.6 Å². The molecule has 1 amide bonds. The van der Waals surface area contributed by atoms with E-state index in [0.29, 0.717) is 17.8 Å². The molecule has 4 rings (SSSR count). The molecule has 5 nitrogen and oxygen atoms in total. The summed E-state index contributed by atoms with van der Waals surface area (Å²) >= 11 is 0. The number of nitrogens with zero attached hydrogens (tertiary/aromatic N) is 2. The van der Waals surface area contributed by atoms with E-state index in [9.17, 15) is 13.6 Å². The van der Waals surface area contributed by atoms with Gasteiger partial charge < -0.3 is 10.1 Å². The van der Waals surface area contributed by atoms with Crippen molar-refractivity contribution in [3.05, 3.63) is 46.8 Å². The number of halogens is 2. The fourth-order valence-corrected chi connectivity index (χ4v) is 3.70. The molecule has 0 saturated carbocycles. The van der Waals surface area contributed by atoms with Crippen molar-refractivity contribution >= 4 is 5.91 Å². The zero-order chi connectivity index (χ0) is 18.6. The number of hydrogen-bond acceptors (Lipinski definition) is 3. The van der Waals surface area contributed by atoms with E-state index in [-0.39, 0.29) is 23.8 Å². The molecule has 2 bridgehead atoms. The second kappa shape index (κ2) is 5.87. The third kappa shape index (κ3) is 2.90. The summed E-state index contributed by atoms with van der Waals surface area (Å²) in [5.74, 6) is -1.68. The fourth-order valence-electron chi connectivity index (χ4n) is 3.70. The van der Waals surface area contributed by atoms with E-state index >= 15 is 0 Å². The molecule has 2 aromatic rings. The molecule has 1 aromatic heterocycles. The van der Waals surface area contributed by atoms with Crippen molar-refractivity contribution in [1.29, 1.82) is 0 Å². The first kappa shape index (κ1) is 17.1. The molecule has 3 heterocycles. The molecular formula is C19H21F2N3O2. The first-order chi connectivity index (χ1) is 12.2. The molecule has 26 heavy (non-hydrogen) atoms. The van der Waals surface area contributed by atoms with Gasteiger partial charge in [-0.05, 0) is 45.7 Å². The molecule has 2 unspecified atom stereocenters. The quantitative estimate of drug-likeness (QED) is 0.891. The standard InChI is InChI=1S/C19H21F2N3O2/c1-19(2,3)22-18(25)16-12-9-11-5-7-15(26-11)17(12)24(23-16)14-6-4-10(20)8-13(14)21/h4,6,8,11,15H,5,7,9H2,1-3H3,(H,22,25). The molecule has 1 aromatic carbocycles. The summed E-state index contributed by atoms with van der Waals surface area (Å²) < 4.78 is 35.1. The van der Waals surface area contributed by atoms with Crippen LogP contribution in [0.4, 0.5) is 8.78 Å². The minimum Gasteiger partial charge on any atom is -0.368 e. The third-order valence-corrected chi connectivity index (χ3v) is 4.71. The number of carbonyl (C=O) groups excluding carboxylic acids is 1. The zero-order valence-corrected chi connectivity index (χ0v) is 15.0. The van der Waals surface area contributed by atoms with Crippen LogP contribution in [0, 0.1) is 11.6 Å². The molecule has 0 spiro atoms. The van der Waals surface area contributed by atoms with Crippen molar-refractivity contribution in [2.24, 2.45) is 0 Å². The number of fused-ring (bicyclic) bond motifs is 4. The van der Waals surface area contributed by atoms with E-state index in [1.807, 2.05) is 20.8 Å². The van der Waals surface area contributed by atoms with Gasteiger partial charge >= 0.3 is 0 Å². The number of nitrogens with one attached hydrogen (secondary N) is 1. The van der Waals surface area contributed by atoms with Gasteiger partial charge in [0.15, 0.2) is 11.5 Å². The summed E-state index contributed by atoms with van der Waals surface area (Å²) in [4.78, 5) is 12.8. The molecule has 1 saturated heterocycles. The van der Waals surface area contributed by atoms with Crippen molar-refractivity contribution in [2.45, 2.75) is 57.8 Å². The van der Waals surface area contributed by atoms with E-state index in [4.69, 9.17) is 4.74 Å². The minimum atomic E-state index is -0.724. The van der Waals surface area contributed by atoms with Crippen molar-refractivity contribution in [2.75, 3.05) is 0 Å². The van der Waals surface area contributed by atoms with Gasteiger partial charge in [-0.15, -0.1) is 0 Å². The highest BCUT2D eigenvalue weighted by atomic mass is 19.1. The zero-order valence-electron chi connectivity index (χ0n) is 15.0. The van der Waals surface area contributed by atoms with Gasteiger partial charge in [0.1, 0.15) is 17.6 Å². The van der Waals surface area contributed by atoms with Crippen LogP contribution in [-0.4, -0.2) is 27.3 Å². The average Bonchev–Trinajstić information content (AvgIpc) is 3.08. The summed E-state index contributed by atoms with van der Waals surface area (Å²) in [7, 11) is 0. The Morgan fingerprint density at radius 2 is 2.08 bits per heavy atom. The predicted molar refractivity (Wildman–Crippen MR) is 91.3 cm³/mol. The SMILES string of the molecule is CC(C)(C)NC(=O)c1nn(-c2ccc(F)cc2F)c2c1CC1CCC2O1. The summed E-state index contributed by atoms with van der Waals surface area (Å²) in [6.07, 6.45) is 2.10. The monoisotopic (exact) mass is 361 g/mol. The molecule has 2 aliphatic heterocycles. The second-order valence-electron chi connectivity index (χ2n) is 7.95. The maximum absolute atomic E-state index is 14.4. The average molecular weight is 361 g/mol. The van der Waals surface area contributed by atoms with Crippen molar-refractivity contribution in [3.63, 3.8) is 0 Å². The fraction of sp³-hybridized carbons (Fsp3) is 0.474. The van der Waals surface area contributed by atoms with Crippen LogP contribution in [-0.2, 0) is 11.2 Å². The Hall–Kier alpha value is -2.28. The minimum absolute atomic E-state index is 0.0596. The number of aromatic nitrogens is 2. The van der Waals surface area contributed by atoms with Crippen molar-refractivity contribution in [3.8, 4) is 5.69 Å². The first-order valence-electron chi connectivity index (χ1n) is 8.78. The summed E-state index contributed by atoms with van der Waals surface area (Å²) in [5.41, 5.74) is 1.49. The molecule has 0 aliphatic carbocycles. The molecule has 0 radical (unpaired) electrons. The molecule has 1 fully saturated rings. The van der Waals surface area contributed by atoms with Crippen LogP contribution in [0.15, 0.2) is 18.2 Å². The summed E-state index contributed by atoms with van der Waals surface area (Å²) in [6, 6.07) is 3.34. The highest BCUT2D eigenvalue weighted by Gasteiger charge is 2.40. The number of rotatable bonds is 2. The van der Waals surface area contributed by atoms with Crippen LogP contribution >= 0.6 is 0 Å². The van der Waals surface area contributed by atoms with Gasteiger partial charge in [-0.2, -0.15) is 5.10 Å². The Labute approximate surface area is 150 Å². The van der Waals surface area contributed by atoms with Crippen LogP contribution in [0.3, 0.4) is 0 Å². The predicted octanol–water partition coefficient (Wildman–Crippen LogP) is 3.46. The normalized spacial score (nSPS) is 21.6. The lowest BCUT2D eigenvalue weighted by Gasteiger charge is -2.23. The van der Waals surface area contributed by atoms with E-state index in [1.165, 1.54) is 16.8 Å². The van der Waals surface area contributed by atoms with Crippen molar-refractivity contribution < 1.29 is 18.3 Å². The van der Waals surface area contributed by atoms with Crippen LogP contribution in [0.5, 0.6) is 0 Å². The lowest BCUT2D eigenvalue weighted by Crippen LogP contribution is -2.41. The van der Waals surface area contributed by atoms with Gasteiger partial charge in [0.25, 0.3) is 5.91 Å². The lowest BCUT2D eigenvalue weighted by atomic mass is 10.0. The third-order valence-electron chi connectivity index (χ3n) is 4.71. The van der Waals surface area contributed by atoms with Crippen molar-refractivity contribution in [1.82, 2.24) is 15.1 Å². The smallest absolute Gasteiger partial charge is 0.272 e. The van der Waals surface area contributed by atoms with Gasteiger partial charge in [0.2, 0.25) is 0 Å². The van der Waals surface area contributed by atoms with Crippen LogP contribution in [0.1, 0.15) is 61.5 Å². The largest absolute Gasteiger partial charge is 0.368 e. The van der Waals surface area contributed by atoms with Gasteiger partial charge in [-0.1, -0.05) is 0 Å². The molecule has 2 atom stereocenters. The number of ether oxygens (including phenoxy) is 1. The van der Waals surface area contributed by atoms with Gasteiger partial charge in [-0.25, -0.2) is 13.5 Å². The Balaban J connectivity index is 1.86. The molecule has 138 valence electrons. The van der Waals surface area contributed by atoms with Crippen LogP contribution < -0.4 is 5.32 Å². The van der Waals surface area contributed by atoms with Crippen LogP contribution in [0.25, 0.3) is 5.69 Å². The Kier molecular flexibility index (Phi) is 3.87.